The Balaban J connectivity index is 1.92. The van der Waals surface area contributed by atoms with Gasteiger partial charge in [-0.3, -0.25) is 19.4 Å². The Hall–Kier alpha value is -2.74. The van der Waals surface area contributed by atoms with Gasteiger partial charge in [-0.05, 0) is 26.2 Å². The molecule has 3 rings (SSSR count). The molecule has 2 atom stereocenters. The molecule has 0 N–H and O–H groups in total. The van der Waals surface area contributed by atoms with Crippen molar-refractivity contribution in [2.24, 2.45) is 0 Å². The molecule has 2 aliphatic rings. The van der Waals surface area contributed by atoms with Crippen LogP contribution in [0, 0.1) is 0 Å². The average molecular weight is 388 g/mol. The Kier molecular flexibility index (Phi) is 5.51. The SMILES string of the molecule is COc1ccc(CN2C(=O)C3C/C(=C\N(C)C)C(=O)N3C2N(C)C)c(OC)c1. The van der Waals surface area contributed by atoms with E-state index < -0.39 is 12.3 Å². The number of benzene rings is 1. The highest BCUT2D eigenvalue weighted by Gasteiger charge is 2.54. The molecule has 2 heterocycles. The summed E-state index contributed by atoms with van der Waals surface area (Å²) in [6, 6.07) is 5.06. The molecule has 0 aliphatic carbocycles. The lowest BCUT2D eigenvalue weighted by molar-refractivity contribution is -0.134. The summed E-state index contributed by atoms with van der Waals surface area (Å²) in [5, 5.41) is 0. The number of carbonyl (C=O) groups excluding carboxylic acids is 2. The second-order valence-electron chi connectivity index (χ2n) is 7.50. The Bertz CT molecular complexity index is 805. The molecule has 2 aliphatic heterocycles. The van der Waals surface area contributed by atoms with Crippen molar-refractivity contribution in [1.82, 2.24) is 19.6 Å². The second-order valence-corrected chi connectivity index (χ2v) is 7.50. The van der Waals surface area contributed by atoms with Crippen molar-refractivity contribution >= 4 is 11.8 Å². The molecule has 1 aromatic carbocycles. The van der Waals surface area contributed by atoms with Crippen LogP contribution in [-0.2, 0) is 16.1 Å². The number of fused-ring (bicyclic) bond motifs is 1. The van der Waals surface area contributed by atoms with Gasteiger partial charge in [-0.1, -0.05) is 0 Å². The molecule has 0 aromatic heterocycles. The summed E-state index contributed by atoms with van der Waals surface area (Å²) in [5.74, 6) is 1.20. The Labute approximate surface area is 165 Å². The van der Waals surface area contributed by atoms with Crippen molar-refractivity contribution < 1.29 is 19.1 Å². The minimum absolute atomic E-state index is 0.0490. The van der Waals surface area contributed by atoms with Gasteiger partial charge in [0.1, 0.15) is 17.5 Å². The van der Waals surface area contributed by atoms with E-state index in [9.17, 15) is 9.59 Å². The molecular formula is C20H28N4O4. The minimum atomic E-state index is -0.463. The third-order valence-electron chi connectivity index (χ3n) is 5.06. The number of nitrogens with zero attached hydrogens (tertiary/aromatic N) is 4. The summed E-state index contributed by atoms with van der Waals surface area (Å²) < 4.78 is 10.7. The van der Waals surface area contributed by atoms with Gasteiger partial charge in [0.05, 0.1) is 20.8 Å². The average Bonchev–Trinajstić information content (AvgIpc) is 3.10. The van der Waals surface area contributed by atoms with Crippen LogP contribution < -0.4 is 9.47 Å². The maximum absolute atomic E-state index is 13.2. The summed E-state index contributed by atoms with van der Waals surface area (Å²) in [5.41, 5.74) is 1.53. The number of hydrogen-bond acceptors (Lipinski definition) is 6. The predicted octanol–water partition coefficient (Wildman–Crippen LogP) is 0.938. The van der Waals surface area contributed by atoms with Crippen LogP contribution in [0.25, 0.3) is 0 Å². The van der Waals surface area contributed by atoms with Crippen LogP contribution in [0.4, 0.5) is 0 Å². The normalized spacial score (nSPS) is 23.0. The van der Waals surface area contributed by atoms with Gasteiger partial charge in [-0.15, -0.1) is 0 Å². The van der Waals surface area contributed by atoms with E-state index in [1.807, 2.05) is 50.1 Å². The molecule has 0 radical (unpaired) electrons. The van der Waals surface area contributed by atoms with Crippen LogP contribution in [0.1, 0.15) is 12.0 Å². The molecule has 8 nitrogen and oxygen atoms in total. The maximum Gasteiger partial charge on any atom is 0.254 e. The molecule has 8 heteroatoms. The standard InChI is InChI=1S/C20H28N4O4/c1-21(2)11-14-9-16-19(26)23(20(22(3)4)24(16)18(14)25)12-13-7-8-15(27-5)10-17(13)28-6/h7-8,10-11,16,20H,9,12H2,1-6H3/b14-11+. The van der Waals surface area contributed by atoms with E-state index in [0.717, 1.165) is 5.56 Å². The van der Waals surface area contributed by atoms with Gasteiger partial charge in [0.2, 0.25) is 5.91 Å². The smallest absolute Gasteiger partial charge is 0.254 e. The quantitative estimate of drug-likeness (QED) is 0.676. The van der Waals surface area contributed by atoms with E-state index in [0.29, 0.717) is 30.0 Å². The first kappa shape index (κ1) is 20.0. The first-order valence-corrected chi connectivity index (χ1v) is 9.16. The second kappa shape index (κ2) is 7.71. The summed E-state index contributed by atoms with van der Waals surface area (Å²) >= 11 is 0. The van der Waals surface area contributed by atoms with Gasteiger partial charge >= 0.3 is 0 Å². The fourth-order valence-electron chi connectivity index (χ4n) is 3.90. The van der Waals surface area contributed by atoms with Crippen LogP contribution in [-0.4, -0.2) is 86.2 Å². The number of methoxy groups -OCH3 is 2. The van der Waals surface area contributed by atoms with Crippen LogP contribution >= 0.6 is 0 Å². The predicted molar refractivity (Wildman–Crippen MR) is 105 cm³/mol. The highest BCUT2D eigenvalue weighted by molar-refractivity contribution is 6.03. The zero-order valence-corrected chi connectivity index (χ0v) is 17.3. The Morgan fingerprint density at radius 1 is 1.14 bits per heavy atom. The highest BCUT2D eigenvalue weighted by atomic mass is 16.5. The first-order valence-electron chi connectivity index (χ1n) is 9.16. The van der Waals surface area contributed by atoms with Crippen LogP contribution in [0.15, 0.2) is 30.0 Å². The summed E-state index contributed by atoms with van der Waals surface area (Å²) in [7, 11) is 10.7. The van der Waals surface area contributed by atoms with E-state index >= 15 is 0 Å². The van der Waals surface area contributed by atoms with Crippen LogP contribution in [0.3, 0.4) is 0 Å². The van der Waals surface area contributed by atoms with Gasteiger partial charge in [0.25, 0.3) is 5.91 Å². The lowest BCUT2D eigenvalue weighted by Gasteiger charge is -2.34. The molecule has 0 bridgehead atoms. The minimum Gasteiger partial charge on any atom is -0.497 e. The lowest BCUT2D eigenvalue weighted by Crippen LogP contribution is -2.50. The van der Waals surface area contributed by atoms with Crippen molar-refractivity contribution in [3.05, 3.63) is 35.5 Å². The molecule has 28 heavy (non-hydrogen) atoms. The molecule has 1 aromatic rings. The number of ether oxygens (including phenoxy) is 2. The van der Waals surface area contributed by atoms with Crippen LogP contribution in [0.2, 0.25) is 0 Å². The third-order valence-corrected chi connectivity index (χ3v) is 5.06. The lowest BCUT2D eigenvalue weighted by atomic mass is 10.1. The highest BCUT2D eigenvalue weighted by Crippen LogP contribution is 2.37. The van der Waals surface area contributed by atoms with Crippen molar-refractivity contribution in [2.75, 3.05) is 42.4 Å². The third kappa shape index (κ3) is 3.40. The Morgan fingerprint density at radius 3 is 2.43 bits per heavy atom. The molecule has 2 amide bonds. The zero-order valence-electron chi connectivity index (χ0n) is 17.3. The van der Waals surface area contributed by atoms with Crippen molar-refractivity contribution in [3.63, 3.8) is 0 Å². The fourth-order valence-corrected chi connectivity index (χ4v) is 3.90. The largest absolute Gasteiger partial charge is 0.497 e. The summed E-state index contributed by atoms with van der Waals surface area (Å²) in [6.45, 7) is 0.349. The van der Waals surface area contributed by atoms with Crippen molar-refractivity contribution in [1.29, 1.82) is 0 Å². The topological polar surface area (TPSA) is 65.6 Å². The van der Waals surface area contributed by atoms with Crippen molar-refractivity contribution in [2.45, 2.75) is 25.3 Å². The molecule has 0 saturated carbocycles. The van der Waals surface area contributed by atoms with E-state index in [2.05, 4.69) is 0 Å². The molecule has 0 spiro atoms. The van der Waals surface area contributed by atoms with E-state index in [4.69, 9.17) is 9.47 Å². The monoisotopic (exact) mass is 388 g/mol. The molecule has 2 saturated heterocycles. The summed E-state index contributed by atoms with van der Waals surface area (Å²) in [6.07, 6.45) is 1.79. The van der Waals surface area contributed by atoms with E-state index in [-0.39, 0.29) is 11.8 Å². The van der Waals surface area contributed by atoms with Gasteiger partial charge < -0.3 is 19.3 Å². The number of carbonyl (C=O) groups is 2. The van der Waals surface area contributed by atoms with Gasteiger partial charge in [-0.2, -0.15) is 0 Å². The molecule has 152 valence electrons. The van der Waals surface area contributed by atoms with Crippen molar-refractivity contribution in [3.8, 4) is 11.5 Å². The zero-order chi connectivity index (χ0) is 20.6. The number of hydrogen-bond donors (Lipinski definition) is 0. The number of rotatable bonds is 6. The summed E-state index contributed by atoms with van der Waals surface area (Å²) in [4.78, 5) is 33.3. The van der Waals surface area contributed by atoms with Gasteiger partial charge in [0.15, 0.2) is 6.29 Å². The first-order chi connectivity index (χ1) is 13.3. The molecule has 2 unspecified atom stereocenters. The van der Waals surface area contributed by atoms with Gasteiger partial charge in [0, 0.05) is 43.9 Å². The van der Waals surface area contributed by atoms with E-state index in [1.54, 1.807) is 36.3 Å². The van der Waals surface area contributed by atoms with Gasteiger partial charge in [-0.25, -0.2) is 0 Å². The Morgan fingerprint density at radius 2 is 1.86 bits per heavy atom. The fraction of sp³-hybridized carbons (Fsp3) is 0.500. The molecule has 2 fully saturated rings. The molecular weight excluding hydrogens is 360 g/mol. The van der Waals surface area contributed by atoms with E-state index in [1.165, 1.54) is 0 Å². The van der Waals surface area contributed by atoms with Crippen LogP contribution in [0.5, 0.6) is 11.5 Å². The maximum atomic E-state index is 13.2. The number of amides is 2.